The van der Waals surface area contributed by atoms with Crippen molar-refractivity contribution >= 4 is 59.3 Å². The molecule has 1 aromatic rings. The first-order valence-corrected chi connectivity index (χ1v) is 11.2. The molecule has 0 spiro atoms. The normalized spacial score (nSPS) is 22.1. The zero-order valence-electron chi connectivity index (χ0n) is 14.5. The van der Waals surface area contributed by atoms with Crippen molar-refractivity contribution in [2.45, 2.75) is 11.4 Å². The van der Waals surface area contributed by atoms with Gasteiger partial charge in [-0.15, -0.1) is 23.1 Å². The molecule has 1 saturated heterocycles. The molecular weight excluding hydrogens is 449 g/mol. The first-order valence-electron chi connectivity index (χ1n) is 7.67. The molecule has 0 saturated carbocycles. The van der Waals surface area contributed by atoms with Crippen LogP contribution < -0.4 is 11.1 Å². The summed E-state index contributed by atoms with van der Waals surface area (Å²) >= 11 is 1.99. The van der Waals surface area contributed by atoms with Gasteiger partial charge in [0.1, 0.15) is 29.9 Å². The van der Waals surface area contributed by atoms with E-state index in [2.05, 4.69) is 20.3 Å². The number of oxime groups is 1. The summed E-state index contributed by atoms with van der Waals surface area (Å²) in [5, 5.41) is 15.5. The lowest BCUT2D eigenvalue weighted by molar-refractivity contribution is -0.150. The number of fused-ring (bicyclic) bond motifs is 1. The first-order chi connectivity index (χ1) is 13.6. The molecule has 1 aromatic heterocycles. The van der Waals surface area contributed by atoms with Gasteiger partial charge < -0.3 is 30.8 Å². The predicted octanol–water partition coefficient (Wildman–Crippen LogP) is -1.05. The quantitative estimate of drug-likeness (QED) is 0.149. The van der Waals surface area contributed by atoms with Gasteiger partial charge in [0.05, 0.1) is 5.31 Å². The average Bonchev–Trinajstić information content (AvgIpc) is 3.07. The van der Waals surface area contributed by atoms with Crippen LogP contribution in [0.1, 0.15) is 5.69 Å². The Morgan fingerprint density at radius 3 is 2.69 bits per heavy atom. The van der Waals surface area contributed by atoms with Crippen molar-refractivity contribution in [3.8, 4) is 0 Å². The number of hydrogen-bond acceptors (Lipinski definition) is 10. The number of hydrogen-bond donors (Lipinski definition) is 5. The van der Waals surface area contributed by atoms with E-state index >= 15 is 0 Å². The number of carboxylic acids is 1. The monoisotopic (exact) mass is 463 g/mol. The number of nitrogens with zero attached hydrogens (tertiary/aromatic N) is 3. The molecule has 0 aromatic carbocycles. The minimum atomic E-state index is -4.88. The summed E-state index contributed by atoms with van der Waals surface area (Å²) < 4.78 is 11.6. The van der Waals surface area contributed by atoms with Crippen LogP contribution in [0.3, 0.4) is 0 Å². The van der Waals surface area contributed by atoms with Crippen LogP contribution in [0.25, 0.3) is 0 Å². The fourth-order valence-electron chi connectivity index (χ4n) is 2.73. The van der Waals surface area contributed by atoms with Gasteiger partial charge in [-0.25, -0.2) is 9.78 Å². The van der Waals surface area contributed by atoms with E-state index in [1.54, 1.807) is 0 Å². The first kappa shape index (κ1) is 21.3. The molecule has 2 aliphatic rings. The molecular formula is C13H14N5O8PS2. The number of nitrogens with one attached hydrogen (secondary N) is 1. The molecule has 6 N–H and O–H groups in total. The maximum atomic E-state index is 12.6. The number of β-lactam (4-membered cyclic amide) rings is 1. The van der Waals surface area contributed by atoms with Crippen LogP contribution in [0.5, 0.6) is 0 Å². The highest BCUT2D eigenvalue weighted by Gasteiger charge is 2.56. The van der Waals surface area contributed by atoms with E-state index in [9.17, 15) is 33.8 Å². The highest BCUT2D eigenvalue weighted by Crippen LogP contribution is 2.54. The van der Waals surface area contributed by atoms with Crippen molar-refractivity contribution in [3.05, 3.63) is 22.1 Å². The van der Waals surface area contributed by atoms with Gasteiger partial charge in [-0.2, -0.15) is 0 Å². The van der Waals surface area contributed by atoms with Crippen LogP contribution in [0, 0.1) is 0 Å². The fraction of sp³-hybridized carbons (Fsp3) is 0.308. The maximum absolute atomic E-state index is 12.6. The lowest BCUT2D eigenvalue weighted by Gasteiger charge is -2.49. The largest absolute Gasteiger partial charge is 0.477 e. The molecule has 2 amide bonds. The number of carboxylic acid groups (broad SMARTS) is 1. The predicted molar refractivity (Wildman–Crippen MR) is 102 cm³/mol. The molecule has 1 fully saturated rings. The molecule has 29 heavy (non-hydrogen) atoms. The number of thioether (sulfide) groups is 1. The Kier molecular flexibility index (Phi) is 5.69. The lowest BCUT2D eigenvalue weighted by atomic mass is 10.0. The molecule has 13 nitrogen and oxygen atoms in total. The summed E-state index contributed by atoms with van der Waals surface area (Å²) in [6, 6.07) is -1.13. The van der Waals surface area contributed by atoms with Crippen LogP contribution in [0.15, 0.2) is 21.5 Å². The van der Waals surface area contributed by atoms with Crippen LogP contribution in [-0.2, 0) is 23.8 Å². The van der Waals surface area contributed by atoms with E-state index in [0.29, 0.717) is 0 Å². The number of nitrogens with two attached hydrogens (primary N) is 1. The van der Waals surface area contributed by atoms with Gasteiger partial charge in [-0.3, -0.25) is 19.1 Å². The summed E-state index contributed by atoms with van der Waals surface area (Å²) in [6.07, 6.45) is 0. The van der Waals surface area contributed by atoms with E-state index in [4.69, 9.17) is 5.73 Å². The smallest absolute Gasteiger partial charge is 0.355 e. The number of nitrogen functional groups attached to an aromatic ring is 1. The molecule has 16 heteroatoms. The number of aliphatic carboxylic acids is 1. The topological polar surface area (TPSA) is 205 Å². The standard InChI is InChI=1S/C13H14N5O8PS2/c1-26-17-6(4-2-29-13(14)15-4)9(19)16-7-10(20)18-8(12(21)22)5(27(23,24)25)3-28-11(7)18/h2,7,11H,3H2,1H3,(H2,14,15)(H,16,19)(H,21,22)(H2,23,24,25)/b17-6-/t7?,11-/m1/s1. The van der Waals surface area contributed by atoms with Crippen LogP contribution >= 0.6 is 30.7 Å². The molecule has 3 rings (SSSR count). The molecule has 2 atom stereocenters. The van der Waals surface area contributed by atoms with Crippen molar-refractivity contribution < 1.29 is 38.7 Å². The van der Waals surface area contributed by atoms with Gasteiger partial charge in [-0.1, -0.05) is 5.16 Å². The van der Waals surface area contributed by atoms with E-state index in [-0.39, 0.29) is 22.3 Å². The van der Waals surface area contributed by atoms with Crippen molar-refractivity contribution in [2.24, 2.45) is 5.16 Å². The van der Waals surface area contributed by atoms with Gasteiger partial charge in [0, 0.05) is 11.1 Å². The second kappa shape index (κ2) is 7.76. The van der Waals surface area contributed by atoms with Crippen molar-refractivity contribution in [1.82, 2.24) is 15.2 Å². The van der Waals surface area contributed by atoms with Gasteiger partial charge >= 0.3 is 13.6 Å². The molecule has 156 valence electrons. The van der Waals surface area contributed by atoms with Crippen molar-refractivity contribution in [3.63, 3.8) is 0 Å². The Morgan fingerprint density at radius 1 is 1.48 bits per heavy atom. The molecule has 2 aliphatic heterocycles. The Balaban J connectivity index is 1.84. The number of carbonyl (C=O) groups excluding carboxylic acids is 2. The molecule has 0 bridgehead atoms. The lowest BCUT2D eigenvalue weighted by Crippen LogP contribution is -2.71. The third-order valence-corrected chi connectivity index (χ3v) is 7.19. The molecule has 0 aliphatic carbocycles. The van der Waals surface area contributed by atoms with Gasteiger partial charge in [0.25, 0.3) is 11.8 Å². The Labute approximate surface area is 170 Å². The molecule has 3 heterocycles. The number of anilines is 1. The van der Waals surface area contributed by atoms with Crippen LogP contribution in [0.4, 0.5) is 5.13 Å². The van der Waals surface area contributed by atoms with Gasteiger partial charge in [-0.05, 0) is 0 Å². The molecule has 0 radical (unpaired) electrons. The summed E-state index contributed by atoms with van der Waals surface area (Å²) in [5.74, 6) is -3.59. The Bertz CT molecular complexity index is 1000. The third-order valence-electron chi connectivity index (χ3n) is 3.95. The van der Waals surface area contributed by atoms with E-state index < -0.39 is 47.8 Å². The van der Waals surface area contributed by atoms with E-state index in [0.717, 1.165) is 28.0 Å². The SMILES string of the molecule is CO/N=C(\C(=O)NC1C(=O)N2C(C(=O)O)=C(P(=O)(O)O)CS[C@H]12)c1csc(N)n1. The van der Waals surface area contributed by atoms with Gasteiger partial charge in [0.2, 0.25) is 0 Å². The minimum Gasteiger partial charge on any atom is -0.477 e. The number of amides is 2. The zero-order valence-corrected chi connectivity index (χ0v) is 17.0. The highest BCUT2D eigenvalue weighted by molar-refractivity contribution is 8.00. The number of aromatic nitrogens is 1. The van der Waals surface area contributed by atoms with E-state index in [1.165, 1.54) is 12.5 Å². The number of thiazole rings is 1. The summed E-state index contributed by atoms with van der Waals surface area (Å²) in [7, 11) is -3.66. The summed E-state index contributed by atoms with van der Waals surface area (Å²) in [4.78, 5) is 64.6. The average molecular weight is 463 g/mol. The minimum absolute atomic E-state index is 0.127. The van der Waals surface area contributed by atoms with Crippen molar-refractivity contribution in [2.75, 3.05) is 18.6 Å². The van der Waals surface area contributed by atoms with Gasteiger partial charge in [0.15, 0.2) is 10.8 Å². The zero-order chi connectivity index (χ0) is 21.5. The number of rotatable bonds is 6. The number of carbonyl (C=O) groups is 3. The second-order valence-corrected chi connectivity index (χ2v) is 9.32. The van der Waals surface area contributed by atoms with Crippen LogP contribution in [-0.4, -0.2) is 72.6 Å². The van der Waals surface area contributed by atoms with Crippen LogP contribution in [0.2, 0.25) is 0 Å². The summed E-state index contributed by atoms with van der Waals surface area (Å²) in [6.45, 7) is 0. The van der Waals surface area contributed by atoms with Crippen molar-refractivity contribution in [1.29, 1.82) is 0 Å². The Hall–Kier alpha value is -2.45. The third kappa shape index (κ3) is 3.86. The Morgan fingerprint density at radius 2 is 2.17 bits per heavy atom. The fourth-order valence-corrected chi connectivity index (χ4v) is 5.85. The maximum Gasteiger partial charge on any atom is 0.355 e. The summed E-state index contributed by atoms with van der Waals surface area (Å²) in [5.41, 5.74) is 4.66. The molecule has 1 unspecified atom stereocenters. The van der Waals surface area contributed by atoms with E-state index in [1.807, 2.05) is 0 Å². The highest BCUT2D eigenvalue weighted by atomic mass is 32.2. The second-order valence-electron chi connectivity index (χ2n) is 5.70.